The molecule has 146 valence electrons. The predicted octanol–water partition coefficient (Wildman–Crippen LogP) is 3.79. The number of hydrogen-bond donors (Lipinski definition) is 1. The lowest BCUT2D eigenvalue weighted by molar-refractivity contribution is 0.474. The third-order valence-corrected chi connectivity index (χ3v) is 5.00. The molecule has 0 bridgehead atoms. The van der Waals surface area contributed by atoms with Crippen LogP contribution in [0.15, 0.2) is 58.3 Å². The Morgan fingerprint density at radius 2 is 1.79 bits per heavy atom. The Labute approximate surface area is 165 Å². The van der Waals surface area contributed by atoms with E-state index in [0.29, 0.717) is 11.3 Å². The van der Waals surface area contributed by atoms with E-state index < -0.39 is 0 Å². The van der Waals surface area contributed by atoms with Crippen molar-refractivity contribution in [2.45, 2.75) is 20.8 Å². The third-order valence-electron chi connectivity index (χ3n) is 5.00. The lowest BCUT2D eigenvalue weighted by Crippen LogP contribution is -2.21. The standard InChI is InChI=1S/C22H26N4O2/c1-5-25(6-2)19-13-12-17(20(27)14-19)15-23-21-16(3)24(4)26(22(21)28)18-10-8-7-9-11-18/h7-15,27H,5-6H2,1-4H3. The summed E-state index contributed by atoms with van der Waals surface area (Å²) in [4.78, 5) is 19.5. The number of anilines is 1. The second-order valence-electron chi connectivity index (χ2n) is 6.58. The first-order valence-electron chi connectivity index (χ1n) is 9.44. The molecule has 1 N–H and O–H groups in total. The van der Waals surface area contributed by atoms with Crippen molar-refractivity contribution in [3.8, 4) is 11.4 Å². The molecule has 28 heavy (non-hydrogen) atoms. The van der Waals surface area contributed by atoms with E-state index >= 15 is 0 Å². The summed E-state index contributed by atoms with van der Waals surface area (Å²) >= 11 is 0. The van der Waals surface area contributed by atoms with Crippen molar-refractivity contribution in [1.82, 2.24) is 9.36 Å². The SMILES string of the molecule is CCN(CC)c1ccc(C=Nc2c(C)n(C)n(-c3ccccc3)c2=O)c(O)c1. The summed E-state index contributed by atoms with van der Waals surface area (Å²) in [6.07, 6.45) is 1.54. The van der Waals surface area contributed by atoms with Crippen molar-refractivity contribution in [3.63, 3.8) is 0 Å². The van der Waals surface area contributed by atoms with E-state index in [9.17, 15) is 9.90 Å². The summed E-state index contributed by atoms with van der Waals surface area (Å²) in [5, 5.41) is 10.4. The molecule has 0 unspecified atom stereocenters. The highest BCUT2D eigenvalue weighted by Crippen LogP contribution is 2.24. The van der Waals surface area contributed by atoms with Gasteiger partial charge in [-0.1, -0.05) is 18.2 Å². The van der Waals surface area contributed by atoms with Crippen LogP contribution in [0.4, 0.5) is 11.4 Å². The summed E-state index contributed by atoms with van der Waals surface area (Å²) in [6.45, 7) is 7.74. The molecular weight excluding hydrogens is 352 g/mol. The molecule has 0 saturated carbocycles. The van der Waals surface area contributed by atoms with E-state index in [1.807, 2.05) is 56.4 Å². The number of aromatic hydroxyl groups is 1. The zero-order valence-corrected chi connectivity index (χ0v) is 16.8. The van der Waals surface area contributed by atoms with Gasteiger partial charge in [0, 0.05) is 43.7 Å². The van der Waals surface area contributed by atoms with Crippen molar-refractivity contribution in [2.75, 3.05) is 18.0 Å². The number of nitrogens with zero attached hydrogens (tertiary/aromatic N) is 4. The summed E-state index contributed by atoms with van der Waals surface area (Å²) in [6, 6.07) is 15.0. The Balaban J connectivity index is 1.97. The quantitative estimate of drug-likeness (QED) is 0.664. The van der Waals surface area contributed by atoms with Crippen LogP contribution in [0.1, 0.15) is 25.1 Å². The fourth-order valence-electron chi connectivity index (χ4n) is 3.26. The molecule has 6 heteroatoms. The van der Waals surface area contributed by atoms with Gasteiger partial charge in [0.2, 0.25) is 0 Å². The lowest BCUT2D eigenvalue weighted by Gasteiger charge is -2.21. The highest BCUT2D eigenvalue weighted by Gasteiger charge is 2.15. The number of aromatic nitrogens is 2. The largest absolute Gasteiger partial charge is 0.507 e. The van der Waals surface area contributed by atoms with Gasteiger partial charge in [-0.05, 0) is 45.0 Å². The number of rotatable bonds is 6. The zero-order chi connectivity index (χ0) is 20.3. The van der Waals surface area contributed by atoms with Gasteiger partial charge in [0.05, 0.1) is 11.4 Å². The maximum atomic E-state index is 12.9. The van der Waals surface area contributed by atoms with Gasteiger partial charge in [-0.2, -0.15) is 0 Å². The molecule has 3 aromatic rings. The van der Waals surface area contributed by atoms with E-state index in [1.165, 1.54) is 0 Å². The fourth-order valence-corrected chi connectivity index (χ4v) is 3.26. The topological polar surface area (TPSA) is 62.8 Å². The molecule has 0 aliphatic carbocycles. The Morgan fingerprint density at radius 1 is 1.11 bits per heavy atom. The van der Waals surface area contributed by atoms with E-state index in [4.69, 9.17) is 0 Å². The minimum Gasteiger partial charge on any atom is -0.507 e. The zero-order valence-electron chi connectivity index (χ0n) is 16.8. The molecule has 1 aromatic heterocycles. The molecule has 3 rings (SSSR count). The molecule has 2 aromatic carbocycles. The average Bonchev–Trinajstić information content (AvgIpc) is 2.91. The number of phenols is 1. The third kappa shape index (κ3) is 3.58. The molecule has 0 amide bonds. The monoisotopic (exact) mass is 378 g/mol. The molecule has 0 aliphatic heterocycles. The van der Waals surface area contributed by atoms with Crippen LogP contribution in [-0.4, -0.2) is 33.8 Å². The van der Waals surface area contributed by atoms with Gasteiger partial charge in [-0.3, -0.25) is 9.48 Å². The predicted molar refractivity (Wildman–Crippen MR) is 115 cm³/mol. The van der Waals surface area contributed by atoms with Crippen molar-refractivity contribution in [3.05, 3.63) is 70.1 Å². The maximum absolute atomic E-state index is 12.9. The summed E-state index contributed by atoms with van der Waals surface area (Å²) in [7, 11) is 1.83. The van der Waals surface area contributed by atoms with Crippen LogP contribution in [0.25, 0.3) is 5.69 Å². The van der Waals surface area contributed by atoms with Gasteiger partial charge in [-0.15, -0.1) is 0 Å². The number of hydrogen-bond acceptors (Lipinski definition) is 4. The first-order valence-corrected chi connectivity index (χ1v) is 9.44. The summed E-state index contributed by atoms with van der Waals surface area (Å²) in [5.41, 5.74) is 3.24. The minimum absolute atomic E-state index is 0.144. The van der Waals surface area contributed by atoms with Gasteiger partial charge >= 0.3 is 0 Å². The van der Waals surface area contributed by atoms with Crippen molar-refractivity contribution in [1.29, 1.82) is 0 Å². The molecule has 0 atom stereocenters. The number of para-hydroxylation sites is 1. The van der Waals surface area contributed by atoms with Crippen molar-refractivity contribution < 1.29 is 5.11 Å². The first kappa shape index (κ1) is 19.5. The highest BCUT2D eigenvalue weighted by molar-refractivity contribution is 5.86. The highest BCUT2D eigenvalue weighted by atomic mass is 16.3. The number of aliphatic imine (C=N–C) groups is 1. The van der Waals surface area contributed by atoms with Crippen LogP contribution < -0.4 is 10.5 Å². The van der Waals surface area contributed by atoms with E-state index in [-0.39, 0.29) is 11.3 Å². The Morgan fingerprint density at radius 3 is 2.39 bits per heavy atom. The summed E-state index contributed by atoms with van der Waals surface area (Å²) in [5.74, 6) is 0.144. The molecule has 0 aliphatic rings. The molecule has 6 nitrogen and oxygen atoms in total. The van der Waals surface area contributed by atoms with Gasteiger partial charge in [0.25, 0.3) is 5.56 Å². The van der Waals surface area contributed by atoms with Gasteiger partial charge in [0.1, 0.15) is 5.75 Å². The number of benzene rings is 2. The molecule has 1 heterocycles. The molecule has 0 spiro atoms. The Bertz CT molecular complexity index is 1040. The van der Waals surface area contributed by atoms with Gasteiger partial charge in [-0.25, -0.2) is 9.67 Å². The number of phenolic OH excluding ortho intramolecular Hbond substituents is 1. The van der Waals surface area contributed by atoms with Crippen LogP contribution >= 0.6 is 0 Å². The van der Waals surface area contributed by atoms with Crippen LogP contribution in [0.5, 0.6) is 5.75 Å². The average molecular weight is 378 g/mol. The van der Waals surface area contributed by atoms with Gasteiger partial charge in [0.15, 0.2) is 5.69 Å². The Kier molecular flexibility index (Phi) is 5.68. The lowest BCUT2D eigenvalue weighted by atomic mass is 10.2. The van der Waals surface area contributed by atoms with Crippen molar-refractivity contribution in [2.24, 2.45) is 12.0 Å². The van der Waals surface area contributed by atoms with Crippen LogP contribution in [0.3, 0.4) is 0 Å². The second-order valence-corrected chi connectivity index (χ2v) is 6.58. The molecule has 0 radical (unpaired) electrons. The van der Waals surface area contributed by atoms with E-state index in [1.54, 1.807) is 21.6 Å². The molecule has 0 fully saturated rings. The van der Waals surface area contributed by atoms with E-state index in [0.717, 1.165) is 30.2 Å². The van der Waals surface area contributed by atoms with E-state index in [2.05, 4.69) is 23.7 Å². The smallest absolute Gasteiger partial charge is 0.297 e. The molecule has 0 saturated heterocycles. The normalized spacial score (nSPS) is 11.3. The van der Waals surface area contributed by atoms with Crippen LogP contribution in [0, 0.1) is 6.92 Å². The summed E-state index contributed by atoms with van der Waals surface area (Å²) < 4.78 is 3.37. The van der Waals surface area contributed by atoms with Gasteiger partial charge < -0.3 is 10.0 Å². The van der Waals surface area contributed by atoms with Crippen molar-refractivity contribution >= 4 is 17.6 Å². The minimum atomic E-state index is -0.193. The Hall–Kier alpha value is -3.28. The maximum Gasteiger partial charge on any atom is 0.297 e. The second kappa shape index (κ2) is 8.17. The van der Waals surface area contributed by atoms with Crippen LogP contribution in [-0.2, 0) is 7.05 Å². The van der Waals surface area contributed by atoms with Crippen LogP contribution in [0.2, 0.25) is 0 Å². The fraction of sp³-hybridized carbons (Fsp3) is 0.273. The molecular formula is C22H26N4O2. The first-order chi connectivity index (χ1) is 13.5.